The van der Waals surface area contributed by atoms with Gasteiger partial charge in [-0.1, -0.05) is 25.4 Å². The van der Waals surface area contributed by atoms with Crippen molar-refractivity contribution in [3.63, 3.8) is 0 Å². The molecule has 0 radical (unpaired) electrons. The predicted molar refractivity (Wildman–Crippen MR) is 122 cm³/mol. The molecule has 3 rings (SSSR count). The third-order valence-corrected chi connectivity index (χ3v) is 5.43. The van der Waals surface area contributed by atoms with Crippen LogP contribution in [0.2, 0.25) is 5.02 Å². The second kappa shape index (κ2) is 9.31. The molecule has 0 aliphatic heterocycles. The molecule has 0 aliphatic carbocycles. The van der Waals surface area contributed by atoms with E-state index >= 15 is 0 Å². The lowest BCUT2D eigenvalue weighted by Crippen LogP contribution is -2.47. The zero-order valence-corrected chi connectivity index (χ0v) is 18.9. The van der Waals surface area contributed by atoms with E-state index in [1.54, 1.807) is 35.9 Å². The Balaban J connectivity index is 1.80. The zero-order valence-electron chi connectivity index (χ0n) is 18.2. The van der Waals surface area contributed by atoms with Gasteiger partial charge in [0.25, 0.3) is 5.91 Å². The van der Waals surface area contributed by atoms with Gasteiger partial charge in [0, 0.05) is 23.6 Å². The molecule has 0 saturated heterocycles. The van der Waals surface area contributed by atoms with E-state index in [1.165, 1.54) is 7.11 Å². The highest BCUT2D eigenvalue weighted by Crippen LogP contribution is 2.27. The number of nitrogens with one attached hydrogen (secondary N) is 2. The number of aryl methyl sites for hydroxylation is 1. The Hall–Kier alpha value is -3.19. The Bertz CT molecular complexity index is 1120. The second-order valence-electron chi connectivity index (χ2n) is 7.55. The fourth-order valence-electron chi connectivity index (χ4n) is 3.39. The highest BCUT2D eigenvalue weighted by Gasteiger charge is 2.26. The number of benzene rings is 2. The second-order valence-corrected chi connectivity index (χ2v) is 7.95. The molecule has 3 aromatic rings. The highest BCUT2D eigenvalue weighted by atomic mass is 35.5. The fourth-order valence-corrected chi connectivity index (χ4v) is 3.64. The fraction of sp³-hybridized carbons (Fsp3) is 0.304. The first kappa shape index (κ1) is 22.5. The van der Waals surface area contributed by atoms with Crippen LogP contribution in [0, 0.1) is 5.92 Å². The van der Waals surface area contributed by atoms with Crippen LogP contribution < -0.4 is 20.1 Å². The molecule has 0 fully saturated rings. The molecule has 1 heterocycles. The standard InChI is InChI=1S/C23H26ClN3O4/c1-13(2)21(23(29)25-15-6-9-20(31-5)17(24)12-15)26-22(28)19-11-14-10-16(30-4)7-8-18(14)27(19)3/h6-13,21H,1-5H3,(H,25,29)(H,26,28). The maximum Gasteiger partial charge on any atom is 0.268 e. The molecule has 0 bridgehead atoms. The average molecular weight is 444 g/mol. The quantitative estimate of drug-likeness (QED) is 0.572. The third kappa shape index (κ3) is 4.77. The van der Waals surface area contributed by atoms with E-state index < -0.39 is 6.04 Å². The number of fused-ring (bicyclic) bond motifs is 1. The van der Waals surface area contributed by atoms with Gasteiger partial charge in [-0.25, -0.2) is 0 Å². The number of carbonyl (C=O) groups excluding carboxylic acids is 2. The van der Waals surface area contributed by atoms with E-state index in [0.717, 1.165) is 10.9 Å². The number of aromatic nitrogens is 1. The number of hydrogen-bond donors (Lipinski definition) is 2. The minimum atomic E-state index is -0.735. The van der Waals surface area contributed by atoms with Crippen LogP contribution in [0.15, 0.2) is 42.5 Å². The largest absolute Gasteiger partial charge is 0.497 e. The number of amides is 2. The molecule has 31 heavy (non-hydrogen) atoms. The van der Waals surface area contributed by atoms with Gasteiger partial charge in [0.15, 0.2) is 0 Å². The number of anilines is 1. The Kier molecular flexibility index (Phi) is 6.75. The Morgan fingerprint density at radius 2 is 1.77 bits per heavy atom. The Morgan fingerprint density at radius 1 is 1.03 bits per heavy atom. The minimum Gasteiger partial charge on any atom is -0.497 e. The first-order chi connectivity index (χ1) is 14.7. The van der Waals surface area contributed by atoms with Crippen LogP contribution in [0.3, 0.4) is 0 Å². The van der Waals surface area contributed by atoms with E-state index in [2.05, 4.69) is 10.6 Å². The van der Waals surface area contributed by atoms with Crippen LogP contribution in [0.4, 0.5) is 5.69 Å². The lowest BCUT2D eigenvalue weighted by atomic mass is 10.0. The number of carbonyl (C=O) groups is 2. The number of methoxy groups -OCH3 is 2. The van der Waals surface area contributed by atoms with Crippen molar-refractivity contribution in [1.29, 1.82) is 0 Å². The van der Waals surface area contributed by atoms with Gasteiger partial charge >= 0.3 is 0 Å². The van der Waals surface area contributed by atoms with Gasteiger partial charge in [-0.15, -0.1) is 0 Å². The highest BCUT2D eigenvalue weighted by molar-refractivity contribution is 6.32. The maximum absolute atomic E-state index is 13.0. The van der Waals surface area contributed by atoms with Gasteiger partial charge < -0.3 is 24.7 Å². The average Bonchev–Trinajstić information content (AvgIpc) is 3.07. The smallest absolute Gasteiger partial charge is 0.268 e. The molecule has 2 amide bonds. The molecular weight excluding hydrogens is 418 g/mol. The number of hydrogen-bond acceptors (Lipinski definition) is 4. The molecule has 1 aromatic heterocycles. The topological polar surface area (TPSA) is 81.6 Å². The summed E-state index contributed by atoms with van der Waals surface area (Å²) < 4.78 is 12.2. The van der Waals surface area contributed by atoms with E-state index in [1.807, 2.05) is 39.1 Å². The van der Waals surface area contributed by atoms with Crippen LogP contribution in [0.1, 0.15) is 24.3 Å². The molecule has 0 aliphatic rings. The lowest BCUT2D eigenvalue weighted by molar-refractivity contribution is -0.118. The van der Waals surface area contributed by atoms with E-state index in [4.69, 9.17) is 21.1 Å². The first-order valence-corrected chi connectivity index (χ1v) is 10.2. The molecule has 0 spiro atoms. The van der Waals surface area contributed by atoms with Crippen LogP contribution >= 0.6 is 11.6 Å². The van der Waals surface area contributed by atoms with Gasteiger partial charge in [0.1, 0.15) is 23.2 Å². The van der Waals surface area contributed by atoms with Crippen molar-refractivity contribution in [1.82, 2.24) is 9.88 Å². The van der Waals surface area contributed by atoms with Crippen molar-refractivity contribution in [3.05, 3.63) is 53.2 Å². The molecule has 0 saturated carbocycles. The molecule has 8 heteroatoms. The summed E-state index contributed by atoms with van der Waals surface area (Å²) in [5, 5.41) is 6.94. The first-order valence-electron chi connectivity index (χ1n) is 9.84. The zero-order chi connectivity index (χ0) is 22.7. The summed E-state index contributed by atoms with van der Waals surface area (Å²) in [6.45, 7) is 3.75. The van der Waals surface area contributed by atoms with Crippen LogP contribution in [-0.2, 0) is 11.8 Å². The van der Waals surface area contributed by atoms with Gasteiger partial charge in [-0.2, -0.15) is 0 Å². The summed E-state index contributed by atoms with van der Waals surface area (Å²) in [4.78, 5) is 25.9. The van der Waals surface area contributed by atoms with E-state index in [9.17, 15) is 9.59 Å². The van der Waals surface area contributed by atoms with Gasteiger partial charge in [-0.3, -0.25) is 9.59 Å². The molecule has 2 N–H and O–H groups in total. The Morgan fingerprint density at radius 3 is 2.39 bits per heavy atom. The van der Waals surface area contributed by atoms with Gasteiger partial charge in [0.05, 0.1) is 19.2 Å². The van der Waals surface area contributed by atoms with Crippen LogP contribution in [-0.4, -0.2) is 36.6 Å². The summed E-state index contributed by atoms with van der Waals surface area (Å²) in [6.07, 6.45) is 0. The third-order valence-electron chi connectivity index (χ3n) is 5.14. The van der Waals surface area contributed by atoms with E-state index in [0.29, 0.717) is 27.9 Å². The summed E-state index contributed by atoms with van der Waals surface area (Å²) in [5.41, 5.74) is 1.87. The summed E-state index contributed by atoms with van der Waals surface area (Å²) in [7, 11) is 4.93. The monoisotopic (exact) mass is 443 g/mol. The molecular formula is C23H26ClN3O4. The molecule has 1 unspecified atom stereocenters. The van der Waals surface area contributed by atoms with Gasteiger partial charge in [0.2, 0.25) is 5.91 Å². The molecule has 164 valence electrons. The van der Waals surface area contributed by atoms with Crippen LogP contribution in [0.25, 0.3) is 10.9 Å². The van der Waals surface area contributed by atoms with Crippen molar-refractivity contribution in [2.45, 2.75) is 19.9 Å². The Labute approximate surface area is 186 Å². The molecule has 1 atom stereocenters. The summed E-state index contributed by atoms with van der Waals surface area (Å²) in [5.74, 6) is 0.431. The van der Waals surface area contributed by atoms with Crippen LogP contribution in [0.5, 0.6) is 11.5 Å². The molecule has 2 aromatic carbocycles. The number of rotatable bonds is 7. The van der Waals surface area contributed by atoms with E-state index in [-0.39, 0.29) is 17.7 Å². The molecule has 7 nitrogen and oxygen atoms in total. The lowest BCUT2D eigenvalue weighted by Gasteiger charge is -2.22. The van der Waals surface area contributed by atoms with Crippen molar-refractivity contribution >= 4 is 40.0 Å². The SMILES string of the molecule is COc1ccc2c(c1)cc(C(=O)NC(C(=O)Nc1ccc(OC)c(Cl)c1)C(C)C)n2C. The van der Waals surface area contributed by atoms with Crippen molar-refractivity contribution < 1.29 is 19.1 Å². The van der Waals surface area contributed by atoms with Crippen molar-refractivity contribution in [2.24, 2.45) is 13.0 Å². The number of nitrogens with zero attached hydrogens (tertiary/aromatic N) is 1. The number of halogens is 1. The summed E-state index contributed by atoms with van der Waals surface area (Å²) >= 11 is 6.14. The maximum atomic E-state index is 13.0. The van der Waals surface area contributed by atoms with Crippen molar-refractivity contribution in [2.75, 3.05) is 19.5 Å². The predicted octanol–water partition coefficient (Wildman–Crippen LogP) is 4.24. The van der Waals surface area contributed by atoms with Gasteiger partial charge in [-0.05, 0) is 48.4 Å². The number of ether oxygens (including phenoxy) is 2. The normalized spacial score (nSPS) is 12.0. The minimum absolute atomic E-state index is 0.132. The van der Waals surface area contributed by atoms with Crippen molar-refractivity contribution in [3.8, 4) is 11.5 Å². The summed E-state index contributed by atoms with van der Waals surface area (Å²) in [6, 6.07) is 11.6.